The molecule has 272 valence electrons. The fraction of sp³-hybridized carbons (Fsp3) is 0. The maximum atomic E-state index is 5.38. The van der Waals surface area contributed by atoms with Crippen molar-refractivity contribution in [2.75, 3.05) is 0 Å². The van der Waals surface area contributed by atoms with Crippen molar-refractivity contribution < 1.29 is 0 Å². The van der Waals surface area contributed by atoms with Crippen LogP contribution in [-0.4, -0.2) is 19.9 Å². The van der Waals surface area contributed by atoms with Gasteiger partial charge in [0, 0.05) is 40.0 Å². The fourth-order valence-corrected chi connectivity index (χ4v) is 7.56. The molecular formula is C54H36N4. The first kappa shape index (κ1) is 34.7. The number of rotatable bonds is 8. The van der Waals surface area contributed by atoms with E-state index in [1.165, 1.54) is 11.1 Å². The highest BCUT2D eigenvalue weighted by molar-refractivity contribution is 5.97. The number of hydrogen-bond acceptors (Lipinski definition) is 4. The number of benzene rings is 7. The SMILES string of the molecule is c1ccc(-c2ccc(-c3ccc4nc(-c5cc(-c6ccc(-c7ccccn7)cc6)cc(-c6ccc(-c7ccccn7)cc6)c5)nc(-c5ccccc5)c4c3)cc2)cc1. The first-order valence-electron chi connectivity index (χ1n) is 19.4. The third-order valence-corrected chi connectivity index (χ3v) is 10.6. The van der Waals surface area contributed by atoms with Crippen LogP contribution in [0.2, 0.25) is 0 Å². The van der Waals surface area contributed by atoms with Crippen molar-refractivity contribution in [3.05, 3.63) is 219 Å². The van der Waals surface area contributed by atoms with Crippen LogP contribution in [0.5, 0.6) is 0 Å². The van der Waals surface area contributed by atoms with Crippen LogP contribution in [0.25, 0.3) is 101 Å². The van der Waals surface area contributed by atoms with Gasteiger partial charge >= 0.3 is 0 Å². The summed E-state index contributed by atoms with van der Waals surface area (Å²) < 4.78 is 0. The average molecular weight is 741 g/mol. The van der Waals surface area contributed by atoms with E-state index in [4.69, 9.17) is 9.97 Å². The van der Waals surface area contributed by atoms with Crippen LogP contribution in [0.1, 0.15) is 0 Å². The van der Waals surface area contributed by atoms with Crippen molar-refractivity contribution in [2.24, 2.45) is 0 Å². The molecule has 10 aromatic rings. The lowest BCUT2D eigenvalue weighted by Crippen LogP contribution is -1.97. The van der Waals surface area contributed by atoms with Crippen LogP contribution in [0.15, 0.2) is 219 Å². The third-order valence-electron chi connectivity index (χ3n) is 10.6. The zero-order valence-corrected chi connectivity index (χ0v) is 31.6. The van der Waals surface area contributed by atoms with Gasteiger partial charge < -0.3 is 0 Å². The molecule has 0 aliphatic heterocycles. The maximum absolute atomic E-state index is 5.38. The molecule has 0 bridgehead atoms. The van der Waals surface area contributed by atoms with E-state index in [-0.39, 0.29) is 0 Å². The molecule has 0 aliphatic rings. The van der Waals surface area contributed by atoms with Gasteiger partial charge in [0.1, 0.15) is 0 Å². The molecule has 0 fully saturated rings. The molecule has 0 saturated carbocycles. The molecule has 3 aromatic heterocycles. The predicted octanol–water partition coefficient (Wildman–Crippen LogP) is 13.8. The topological polar surface area (TPSA) is 51.6 Å². The smallest absolute Gasteiger partial charge is 0.160 e. The predicted molar refractivity (Wildman–Crippen MR) is 239 cm³/mol. The number of aromatic nitrogens is 4. The number of pyridine rings is 2. The van der Waals surface area contributed by atoms with Crippen molar-refractivity contribution in [1.29, 1.82) is 0 Å². The molecule has 0 aliphatic carbocycles. The standard InChI is InChI=1S/C54H36N4/c1-3-11-37(12-4-1)38-17-19-39(20-18-38)45-29-30-52-49(36-45)53(44-13-5-2-6-14-44)58-54(57-52)48-34-46(40-21-25-42(26-22-40)50-15-7-9-31-55-50)33-47(35-48)41-23-27-43(28-24-41)51-16-8-10-32-56-51/h1-36H. The second-order valence-electron chi connectivity index (χ2n) is 14.3. The molecule has 0 unspecified atom stereocenters. The molecule has 4 nitrogen and oxygen atoms in total. The summed E-state index contributed by atoms with van der Waals surface area (Å²) in [5, 5.41) is 1.01. The second-order valence-corrected chi connectivity index (χ2v) is 14.3. The Kier molecular flexibility index (Phi) is 9.18. The maximum Gasteiger partial charge on any atom is 0.160 e. The molecule has 58 heavy (non-hydrogen) atoms. The van der Waals surface area contributed by atoms with Gasteiger partial charge in [0.2, 0.25) is 0 Å². The minimum Gasteiger partial charge on any atom is -0.256 e. The van der Waals surface area contributed by atoms with Gasteiger partial charge in [-0.2, -0.15) is 0 Å². The van der Waals surface area contributed by atoms with Crippen molar-refractivity contribution in [3.63, 3.8) is 0 Å². The van der Waals surface area contributed by atoms with E-state index < -0.39 is 0 Å². The Morgan fingerprint density at radius 2 is 0.672 bits per heavy atom. The molecule has 10 rings (SSSR count). The molecule has 0 atom stereocenters. The monoisotopic (exact) mass is 740 g/mol. The van der Waals surface area contributed by atoms with E-state index >= 15 is 0 Å². The minimum atomic E-state index is 0.671. The van der Waals surface area contributed by atoms with E-state index in [1.54, 1.807) is 0 Å². The van der Waals surface area contributed by atoms with E-state index in [2.05, 4.69) is 168 Å². The molecule has 4 heteroatoms. The molecular weight excluding hydrogens is 705 g/mol. The Morgan fingerprint density at radius 3 is 1.19 bits per heavy atom. The lowest BCUT2D eigenvalue weighted by Gasteiger charge is -2.14. The van der Waals surface area contributed by atoms with E-state index in [0.29, 0.717) is 5.82 Å². The summed E-state index contributed by atoms with van der Waals surface area (Å²) in [6.45, 7) is 0. The van der Waals surface area contributed by atoms with Gasteiger partial charge in [-0.3, -0.25) is 9.97 Å². The van der Waals surface area contributed by atoms with Gasteiger partial charge in [0.05, 0.1) is 22.6 Å². The van der Waals surface area contributed by atoms with Gasteiger partial charge in [0.15, 0.2) is 5.82 Å². The van der Waals surface area contributed by atoms with Crippen LogP contribution < -0.4 is 0 Å². The first-order valence-corrected chi connectivity index (χ1v) is 19.4. The van der Waals surface area contributed by atoms with Crippen molar-refractivity contribution in [1.82, 2.24) is 19.9 Å². The highest BCUT2D eigenvalue weighted by Crippen LogP contribution is 2.37. The highest BCUT2D eigenvalue weighted by atomic mass is 14.9. The molecule has 0 radical (unpaired) electrons. The zero-order valence-electron chi connectivity index (χ0n) is 31.6. The number of fused-ring (bicyclic) bond motifs is 1. The quantitative estimate of drug-likeness (QED) is 0.156. The normalized spacial score (nSPS) is 11.1. The summed E-state index contributed by atoms with van der Waals surface area (Å²) in [6, 6.07) is 72.1. The van der Waals surface area contributed by atoms with Crippen molar-refractivity contribution in [2.45, 2.75) is 0 Å². The Balaban J connectivity index is 1.09. The molecule has 7 aromatic carbocycles. The van der Waals surface area contributed by atoms with Crippen LogP contribution in [0.3, 0.4) is 0 Å². The van der Waals surface area contributed by atoms with Crippen LogP contribution in [0.4, 0.5) is 0 Å². The van der Waals surface area contributed by atoms with E-state index in [1.807, 2.05) is 60.9 Å². The lowest BCUT2D eigenvalue weighted by atomic mass is 9.94. The first-order chi connectivity index (χ1) is 28.7. The summed E-state index contributed by atoms with van der Waals surface area (Å²) in [4.78, 5) is 19.8. The average Bonchev–Trinajstić information content (AvgIpc) is 3.32. The Hall–Kier alpha value is -7.82. The molecule has 0 N–H and O–H groups in total. The van der Waals surface area contributed by atoms with Gasteiger partial charge in [-0.15, -0.1) is 0 Å². The summed E-state index contributed by atoms with van der Waals surface area (Å²) in [5.74, 6) is 0.671. The molecule has 3 heterocycles. The van der Waals surface area contributed by atoms with E-state index in [0.717, 1.165) is 83.6 Å². The van der Waals surface area contributed by atoms with Crippen molar-refractivity contribution in [3.8, 4) is 89.7 Å². The second kappa shape index (κ2) is 15.4. The van der Waals surface area contributed by atoms with Gasteiger partial charge in [-0.1, -0.05) is 152 Å². The molecule has 0 saturated heterocycles. The van der Waals surface area contributed by atoms with Crippen LogP contribution >= 0.6 is 0 Å². The number of hydrogen-bond donors (Lipinski definition) is 0. The van der Waals surface area contributed by atoms with Gasteiger partial charge in [0.25, 0.3) is 0 Å². The summed E-state index contributed by atoms with van der Waals surface area (Å²) in [5.41, 5.74) is 16.8. The largest absolute Gasteiger partial charge is 0.256 e. The lowest BCUT2D eigenvalue weighted by molar-refractivity contribution is 1.23. The minimum absolute atomic E-state index is 0.671. The Labute approximate surface area is 337 Å². The van der Waals surface area contributed by atoms with E-state index in [9.17, 15) is 0 Å². The van der Waals surface area contributed by atoms with Crippen LogP contribution in [-0.2, 0) is 0 Å². The van der Waals surface area contributed by atoms with Gasteiger partial charge in [-0.25, -0.2) is 9.97 Å². The van der Waals surface area contributed by atoms with Crippen LogP contribution in [0, 0.1) is 0 Å². The summed E-state index contributed by atoms with van der Waals surface area (Å²) in [6.07, 6.45) is 3.66. The summed E-state index contributed by atoms with van der Waals surface area (Å²) in [7, 11) is 0. The Bertz CT molecular complexity index is 2880. The molecule has 0 spiro atoms. The third kappa shape index (κ3) is 7.07. The van der Waals surface area contributed by atoms with Crippen molar-refractivity contribution >= 4 is 10.9 Å². The highest BCUT2D eigenvalue weighted by Gasteiger charge is 2.16. The van der Waals surface area contributed by atoms with Gasteiger partial charge in [-0.05, 0) is 99.1 Å². The fourth-order valence-electron chi connectivity index (χ4n) is 7.56. The molecule has 0 amide bonds. The Morgan fingerprint density at radius 1 is 0.259 bits per heavy atom. The zero-order chi connectivity index (χ0) is 38.7. The summed E-state index contributed by atoms with van der Waals surface area (Å²) >= 11 is 0. The number of nitrogens with zero attached hydrogens (tertiary/aromatic N) is 4.